The highest BCUT2D eigenvalue weighted by molar-refractivity contribution is 7.14. The summed E-state index contributed by atoms with van der Waals surface area (Å²) >= 11 is 1.30. The highest BCUT2D eigenvalue weighted by atomic mass is 32.1. The summed E-state index contributed by atoms with van der Waals surface area (Å²) in [7, 11) is 0. The van der Waals surface area contributed by atoms with Gasteiger partial charge in [-0.25, -0.2) is 0 Å². The van der Waals surface area contributed by atoms with Crippen LogP contribution in [-0.4, -0.2) is 54.8 Å². The van der Waals surface area contributed by atoms with Crippen LogP contribution in [0.4, 0.5) is 5.69 Å². The molecule has 216 valence electrons. The Bertz CT molecular complexity index is 1620. The number of aliphatic hydroxyl groups is 3. The van der Waals surface area contributed by atoms with Crippen molar-refractivity contribution < 1.29 is 20.1 Å². The number of nitriles is 4. The molecule has 10 heteroatoms. The summed E-state index contributed by atoms with van der Waals surface area (Å²) in [5, 5.41) is 67.0. The van der Waals surface area contributed by atoms with Crippen molar-refractivity contribution in [2.24, 2.45) is 0 Å². The van der Waals surface area contributed by atoms with E-state index in [1.807, 2.05) is 71.7 Å². The van der Waals surface area contributed by atoms with Gasteiger partial charge in [0.15, 0.2) is 0 Å². The van der Waals surface area contributed by atoms with E-state index in [9.17, 15) is 31.3 Å². The van der Waals surface area contributed by atoms with Gasteiger partial charge in [-0.1, -0.05) is 30.3 Å². The predicted molar refractivity (Wildman–Crippen MR) is 166 cm³/mol. The first-order valence-electron chi connectivity index (χ1n) is 13.3. The van der Waals surface area contributed by atoms with Crippen molar-refractivity contribution in [1.82, 2.24) is 0 Å². The lowest BCUT2D eigenvalue weighted by Crippen LogP contribution is -2.29. The summed E-state index contributed by atoms with van der Waals surface area (Å²) in [4.78, 5) is 3.22. The summed E-state index contributed by atoms with van der Waals surface area (Å²) in [5.41, 5.74) is 2.05. The van der Waals surface area contributed by atoms with Crippen LogP contribution >= 0.6 is 11.3 Å². The third-order valence-corrected chi connectivity index (χ3v) is 7.27. The average molecular weight is 592 g/mol. The molecule has 0 fully saturated rings. The van der Waals surface area contributed by atoms with Crippen molar-refractivity contribution in [1.29, 1.82) is 21.0 Å². The minimum atomic E-state index is -0.257. The van der Waals surface area contributed by atoms with Crippen LogP contribution in [0.15, 0.2) is 71.8 Å². The molecule has 0 atom stereocenters. The van der Waals surface area contributed by atoms with Crippen molar-refractivity contribution in [3.63, 3.8) is 0 Å². The number of benzene rings is 2. The second kappa shape index (κ2) is 16.9. The second-order valence-electron chi connectivity index (χ2n) is 8.96. The Morgan fingerprint density at radius 1 is 0.767 bits per heavy atom. The maximum atomic E-state index is 9.86. The molecule has 0 radical (unpaired) electrons. The number of hydrogen-bond acceptors (Lipinski definition) is 10. The number of aliphatic hydroxyl groups excluding tert-OH is 3. The monoisotopic (exact) mass is 591 g/mol. The number of allylic oxidation sites excluding steroid dienone is 4. The Morgan fingerprint density at radius 2 is 1.42 bits per heavy atom. The minimum Gasteiger partial charge on any atom is -0.493 e. The van der Waals surface area contributed by atoms with Gasteiger partial charge in [0.2, 0.25) is 0 Å². The Balaban J connectivity index is 2.01. The molecule has 0 saturated carbocycles. The van der Waals surface area contributed by atoms with E-state index in [2.05, 4.69) is 0 Å². The molecule has 1 heterocycles. The van der Waals surface area contributed by atoms with Crippen LogP contribution in [0.5, 0.6) is 5.75 Å². The number of hydrogen-bond donors (Lipinski definition) is 3. The lowest BCUT2D eigenvalue weighted by atomic mass is 9.89. The minimum absolute atomic E-state index is 0.0247. The van der Waals surface area contributed by atoms with Gasteiger partial charge >= 0.3 is 0 Å². The SMILES string of the molecule is N#CC(C#N)=C(C(=C(C#N)C#N)c1ccc(/C=C/c2ccc(N(CCO)CCO)cc2)s1)c1cccc(OCCCO)c1. The summed E-state index contributed by atoms with van der Waals surface area (Å²) in [5.74, 6) is 0.449. The standard InChI is InChI=1S/C33H29N5O4S/c34-20-26(21-35)32(25-3-1-4-29(19-25)42-18-2-15-39)33(27(22-36)23-37)31-12-11-30(43-31)10-7-24-5-8-28(9-6-24)38(13-16-40)14-17-41/h1,3-12,19,39-41H,2,13-18H2/b10-7+. The Labute approximate surface area is 254 Å². The molecule has 0 aliphatic rings. The Morgan fingerprint density at radius 3 is 2.02 bits per heavy atom. The van der Waals surface area contributed by atoms with Gasteiger partial charge in [0.05, 0.1) is 19.8 Å². The zero-order valence-corrected chi connectivity index (χ0v) is 24.1. The van der Waals surface area contributed by atoms with E-state index in [0.29, 0.717) is 35.7 Å². The van der Waals surface area contributed by atoms with Crippen LogP contribution in [-0.2, 0) is 0 Å². The quantitative estimate of drug-likeness (QED) is 0.136. The maximum Gasteiger partial charge on any atom is 0.138 e. The molecule has 2 aromatic carbocycles. The normalized spacial score (nSPS) is 10.2. The first-order valence-corrected chi connectivity index (χ1v) is 14.1. The molecule has 43 heavy (non-hydrogen) atoms. The van der Waals surface area contributed by atoms with Gasteiger partial charge in [0.1, 0.15) is 41.2 Å². The van der Waals surface area contributed by atoms with Gasteiger partial charge < -0.3 is 25.0 Å². The molecule has 0 spiro atoms. The molecule has 9 nitrogen and oxygen atoms in total. The zero-order chi connectivity index (χ0) is 31.0. The average Bonchev–Trinajstić information content (AvgIpc) is 3.51. The number of thiophene rings is 1. The van der Waals surface area contributed by atoms with Gasteiger partial charge in [-0.15, -0.1) is 11.3 Å². The van der Waals surface area contributed by atoms with E-state index in [0.717, 1.165) is 16.1 Å². The van der Waals surface area contributed by atoms with Crippen LogP contribution in [0.1, 0.15) is 27.3 Å². The molecule has 0 unspecified atom stereocenters. The van der Waals surface area contributed by atoms with E-state index < -0.39 is 0 Å². The van der Waals surface area contributed by atoms with Gasteiger partial charge in [0.25, 0.3) is 0 Å². The maximum absolute atomic E-state index is 9.86. The predicted octanol–water partition coefficient (Wildman–Crippen LogP) is 4.77. The van der Waals surface area contributed by atoms with Crippen molar-refractivity contribution in [3.05, 3.63) is 92.7 Å². The number of ether oxygens (including phenoxy) is 1. The smallest absolute Gasteiger partial charge is 0.138 e. The fourth-order valence-electron chi connectivity index (χ4n) is 4.22. The van der Waals surface area contributed by atoms with Crippen LogP contribution in [0, 0.1) is 45.3 Å². The fraction of sp³-hybridized carbons (Fsp3) is 0.212. The van der Waals surface area contributed by atoms with Crippen molar-refractivity contribution >= 4 is 40.3 Å². The lowest BCUT2D eigenvalue weighted by Gasteiger charge is -2.22. The van der Waals surface area contributed by atoms with Crippen molar-refractivity contribution in [3.8, 4) is 30.0 Å². The molecule has 0 amide bonds. The van der Waals surface area contributed by atoms with Crippen molar-refractivity contribution in [2.75, 3.05) is 44.4 Å². The first kappa shape index (κ1) is 32.3. The van der Waals surface area contributed by atoms with Crippen LogP contribution in [0.3, 0.4) is 0 Å². The third-order valence-electron chi connectivity index (χ3n) is 6.20. The van der Waals surface area contributed by atoms with E-state index >= 15 is 0 Å². The summed E-state index contributed by atoms with van der Waals surface area (Å²) in [6, 6.07) is 25.6. The molecule has 1 aromatic heterocycles. The van der Waals surface area contributed by atoms with Gasteiger partial charge in [-0.05, 0) is 53.6 Å². The van der Waals surface area contributed by atoms with E-state index in [4.69, 9.17) is 9.84 Å². The Kier molecular flexibility index (Phi) is 12.7. The number of rotatable bonds is 14. The molecule has 3 rings (SSSR count). The number of nitrogens with zero attached hydrogens (tertiary/aromatic N) is 5. The van der Waals surface area contributed by atoms with Crippen molar-refractivity contribution in [2.45, 2.75) is 6.42 Å². The highest BCUT2D eigenvalue weighted by Gasteiger charge is 2.22. The first-order chi connectivity index (χ1) is 21.0. The molecular formula is C33H29N5O4S. The lowest BCUT2D eigenvalue weighted by molar-refractivity contribution is 0.233. The zero-order valence-electron chi connectivity index (χ0n) is 23.3. The molecule has 0 aliphatic heterocycles. The van der Waals surface area contributed by atoms with Crippen LogP contribution in [0.25, 0.3) is 23.3 Å². The van der Waals surface area contributed by atoms with E-state index in [1.54, 1.807) is 30.3 Å². The van der Waals surface area contributed by atoms with Gasteiger partial charge in [-0.2, -0.15) is 21.0 Å². The van der Waals surface area contributed by atoms with Crippen LogP contribution in [0.2, 0.25) is 0 Å². The van der Waals surface area contributed by atoms with Gasteiger partial charge in [0, 0.05) is 52.7 Å². The second-order valence-corrected chi connectivity index (χ2v) is 10.1. The molecule has 3 aromatic rings. The van der Waals surface area contributed by atoms with E-state index in [1.165, 1.54) is 11.3 Å². The Hall–Kier alpha value is -5.20. The summed E-state index contributed by atoms with van der Waals surface area (Å²) in [6.07, 6.45) is 4.21. The van der Waals surface area contributed by atoms with E-state index in [-0.39, 0.29) is 48.7 Å². The highest BCUT2D eigenvalue weighted by Crippen LogP contribution is 2.40. The molecule has 3 N–H and O–H groups in total. The molecular weight excluding hydrogens is 562 g/mol. The third kappa shape index (κ3) is 8.64. The fourth-order valence-corrected chi connectivity index (χ4v) is 5.19. The summed E-state index contributed by atoms with van der Waals surface area (Å²) < 4.78 is 5.68. The molecule has 0 bridgehead atoms. The largest absolute Gasteiger partial charge is 0.493 e. The molecule has 0 aliphatic carbocycles. The topological polar surface area (TPSA) is 168 Å². The summed E-state index contributed by atoms with van der Waals surface area (Å²) in [6.45, 7) is 1.00. The molecule has 0 saturated heterocycles. The number of anilines is 1. The van der Waals surface area contributed by atoms with Crippen LogP contribution < -0.4 is 9.64 Å². The van der Waals surface area contributed by atoms with Gasteiger partial charge in [-0.3, -0.25) is 0 Å².